The molecule has 0 aromatic carbocycles. The highest BCUT2D eigenvalue weighted by Gasteiger charge is 1.97. The fourth-order valence-electron chi connectivity index (χ4n) is 1.58. The van der Waals surface area contributed by atoms with Crippen LogP contribution in [-0.4, -0.2) is 26.3 Å². The molecule has 0 atom stereocenters. The summed E-state index contributed by atoms with van der Waals surface area (Å²) in [7, 11) is 0. The van der Waals surface area contributed by atoms with E-state index in [1.807, 2.05) is 0 Å². The Morgan fingerprint density at radius 1 is 1.50 bits per heavy atom. The summed E-state index contributed by atoms with van der Waals surface area (Å²) in [6.07, 6.45) is 6.69. The molecule has 0 aliphatic rings. The van der Waals surface area contributed by atoms with E-state index in [2.05, 4.69) is 50.4 Å². The number of nitrogens with zero attached hydrogens (tertiary/aromatic N) is 3. The van der Waals surface area contributed by atoms with E-state index in [1.54, 1.807) is 0 Å². The van der Waals surface area contributed by atoms with Gasteiger partial charge in [-0.2, -0.15) is 5.10 Å². The van der Waals surface area contributed by atoms with Gasteiger partial charge < -0.3 is 9.88 Å². The van der Waals surface area contributed by atoms with Crippen molar-refractivity contribution in [3.05, 3.63) is 36.2 Å². The molecule has 5 nitrogen and oxygen atoms in total. The van der Waals surface area contributed by atoms with E-state index in [0.29, 0.717) is 0 Å². The van der Waals surface area contributed by atoms with Gasteiger partial charge in [-0.3, -0.25) is 5.10 Å². The van der Waals surface area contributed by atoms with E-state index in [9.17, 15) is 0 Å². The molecule has 0 saturated heterocycles. The number of aromatic nitrogens is 4. The minimum absolute atomic E-state index is 0.883. The fourth-order valence-corrected chi connectivity index (χ4v) is 1.58. The Bertz CT molecular complexity index is 404. The Balaban J connectivity index is 1.68. The number of nitrogens with one attached hydrogen (secondary N) is 2. The lowest BCUT2D eigenvalue weighted by Gasteiger charge is -2.01. The van der Waals surface area contributed by atoms with E-state index in [0.717, 1.165) is 31.9 Å². The second-order valence-corrected chi connectivity index (χ2v) is 3.71. The average Bonchev–Trinajstić information content (AvgIpc) is 2.95. The summed E-state index contributed by atoms with van der Waals surface area (Å²) in [5.74, 6) is 0.929. The molecule has 2 aromatic heterocycles. The first kappa shape index (κ1) is 10.9. The molecule has 2 aromatic rings. The van der Waals surface area contributed by atoms with Crippen molar-refractivity contribution < 1.29 is 0 Å². The molecule has 5 heteroatoms. The molecule has 0 bridgehead atoms. The molecular formula is C11H17N5. The maximum absolute atomic E-state index is 4.07. The van der Waals surface area contributed by atoms with Gasteiger partial charge in [0, 0.05) is 38.4 Å². The number of hydrogen-bond donors (Lipinski definition) is 2. The molecule has 2 rings (SSSR count). The maximum atomic E-state index is 4.07. The van der Waals surface area contributed by atoms with E-state index in [1.165, 1.54) is 11.9 Å². The van der Waals surface area contributed by atoms with Crippen molar-refractivity contribution >= 4 is 0 Å². The molecule has 0 spiro atoms. The van der Waals surface area contributed by atoms with Crippen LogP contribution in [0.2, 0.25) is 0 Å². The Hall–Kier alpha value is -1.62. The standard InChI is InChI=1S/C11H17N5/c1-2-16-6-4-10(8-16)7-12-5-3-11-13-9-14-15-11/h4,6,8-9,12H,2-3,5,7H2,1H3,(H,13,14,15). The largest absolute Gasteiger partial charge is 0.354 e. The number of aryl methyl sites for hydroxylation is 1. The van der Waals surface area contributed by atoms with Crippen LogP contribution in [0.3, 0.4) is 0 Å². The third-order valence-electron chi connectivity index (χ3n) is 2.51. The van der Waals surface area contributed by atoms with Crippen LogP contribution in [0.15, 0.2) is 24.8 Å². The van der Waals surface area contributed by atoms with Crippen LogP contribution in [-0.2, 0) is 19.5 Å². The fraction of sp³-hybridized carbons (Fsp3) is 0.455. The summed E-state index contributed by atoms with van der Waals surface area (Å²) in [6, 6.07) is 2.14. The summed E-state index contributed by atoms with van der Waals surface area (Å²) >= 11 is 0. The minimum atomic E-state index is 0.883. The summed E-state index contributed by atoms with van der Waals surface area (Å²) in [5.41, 5.74) is 1.32. The first-order valence-corrected chi connectivity index (χ1v) is 5.58. The van der Waals surface area contributed by atoms with Crippen LogP contribution in [0.25, 0.3) is 0 Å². The molecule has 0 aliphatic carbocycles. The summed E-state index contributed by atoms with van der Waals surface area (Å²) in [6.45, 7) is 4.98. The topological polar surface area (TPSA) is 58.5 Å². The van der Waals surface area contributed by atoms with Crippen LogP contribution >= 0.6 is 0 Å². The Labute approximate surface area is 94.9 Å². The van der Waals surface area contributed by atoms with Crippen LogP contribution in [0, 0.1) is 0 Å². The number of hydrogen-bond acceptors (Lipinski definition) is 3. The first-order valence-electron chi connectivity index (χ1n) is 5.58. The zero-order valence-electron chi connectivity index (χ0n) is 9.48. The molecule has 0 saturated carbocycles. The summed E-state index contributed by atoms with van der Waals surface area (Å²) in [5, 5.41) is 10.0. The molecule has 0 radical (unpaired) electrons. The lowest BCUT2D eigenvalue weighted by molar-refractivity contribution is 0.669. The molecule has 16 heavy (non-hydrogen) atoms. The van der Waals surface area contributed by atoms with Crippen molar-refractivity contribution in [2.24, 2.45) is 0 Å². The van der Waals surface area contributed by atoms with Gasteiger partial charge in [-0.05, 0) is 18.6 Å². The Morgan fingerprint density at radius 2 is 2.44 bits per heavy atom. The molecule has 86 valence electrons. The lowest BCUT2D eigenvalue weighted by Crippen LogP contribution is -2.16. The van der Waals surface area contributed by atoms with Crippen molar-refractivity contribution in [3.63, 3.8) is 0 Å². The van der Waals surface area contributed by atoms with Gasteiger partial charge in [-0.25, -0.2) is 4.98 Å². The maximum Gasteiger partial charge on any atom is 0.137 e. The second-order valence-electron chi connectivity index (χ2n) is 3.71. The summed E-state index contributed by atoms with van der Waals surface area (Å²) < 4.78 is 2.17. The molecule has 0 unspecified atom stereocenters. The highest BCUT2D eigenvalue weighted by Crippen LogP contribution is 2.00. The van der Waals surface area contributed by atoms with E-state index >= 15 is 0 Å². The third-order valence-corrected chi connectivity index (χ3v) is 2.51. The van der Waals surface area contributed by atoms with Crippen LogP contribution in [0.1, 0.15) is 18.3 Å². The molecule has 0 aliphatic heterocycles. The van der Waals surface area contributed by atoms with Gasteiger partial charge in [0.25, 0.3) is 0 Å². The zero-order chi connectivity index (χ0) is 11.2. The normalized spacial score (nSPS) is 10.8. The van der Waals surface area contributed by atoms with Crippen molar-refractivity contribution in [2.45, 2.75) is 26.4 Å². The van der Waals surface area contributed by atoms with Gasteiger partial charge in [0.2, 0.25) is 0 Å². The quantitative estimate of drug-likeness (QED) is 0.711. The van der Waals surface area contributed by atoms with Gasteiger partial charge in [-0.1, -0.05) is 0 Å². The zero-order valence-corrected chi connectivity index (χ0v) is 9.48. The van der Waals surface area contributed by atoms with Crippen molar-refractivity contribution in [1.29, 1.82) is 0 Å². The highest BCUT2D eigenvalue weighted by atomic mass is 15.2. The Morgan fingerprint density at radius 3 is 3.12 bits per heavy atom. The number of H-pyrrole nitrogens is 1. The van der Waals surface area contributed by atoms with Crippen LogP contribution in [0.4, 0.5) is 0 Å². The highest BCUT2D eigenvalue weighted by molar-refractivity contribution is 5.09. The predicted octanol–water partition coefficient (Wildman–Crippen LogP) is 0.958. The first-order chi connectivity index (χ1) is 7.88. The minimum Gasteiger partial charge on any atom is -0.354 e. The van der Waals surface area contributed by atoms with Crippen molar-refractivity contribution in [3.8, 4) is 0 Å². The second kappa shape index (κ2) is 5.46. The van der Waals surface area contributed by atoms with Gasteiger partial charge in [0.15, 0.2) is 0 Å². The van der Waals surface area contributed by atoms with E-state index in [-0.39, 0.29) is 0 Å². The van der Waals surface area contributed by atoms with Gasteiger partial charge in [0.05, 0.1) is 0 Å². The smallest absolute Gasteiger partial charge is 0.137 e. The average molecular weight is 219 g/mol. The summed E-state index contributed by atoms with van der Waals surface area (Å²) in [4.78, 5) is 4.07. The molecule has 2 heterocycles. The molecule has 2 N–H and O–H groups in total. The number of aromatic amines is 1. The predicted molar refractivity (Wildman–Crippen MR) is 61.9 cm³/mol. The third kappa shape index (κ3) is 2.93. The van der Waals surface area contributed by atoms with E-state index < -0.39 is 0 Å². The van der Waals surface area contributed by atoms with Gasteiger partial charge >= 0.3 is 0 Å². The Kier molecular flexibility index (Phi) is 3.71. The lowest BCUT2D eigenvalue weighted by atomic mass is 10.3. The van der Waals surface area contributed by atoms with Gasteiger partial charge in [-0.15, -0.1) is 0 Å². The molecule has 0 fully saturated rings. The van der Waals surface area contributed by atoms with Crippen molar-refractivity contribution in [2.75, 3.05) is 6.54 Å². The monoisotopic (exact) mass is 219 g/mol. The van der Waals surface area contributed by atoms with E-state index in [4.69, 9.17) is 0 Å². The number of rotatable bonds is 6. The van der Waals surface area contributed by atoms with Crippen LogP contribution in [0.5, 0.6) is 0 Å². The molecular weight excluding hydrogens is 202 g/mol. The molecule has 0 amide bonds. The van der Waals surface area contributed by atoms with Gasteiger partial charge in [0.1, 0.15) is 12.2 Å². The van der Waals surface area contributed by atoms with Crippen LogP contribution < -0.4 is 5.32 Å². The SMILES string of the molecule is CCn1ccc(CNCCc2ncn[nH]2)c1. The van der Waals surface area contributed by atoms with Crippen molar-refractivity contribution in [1.82, 2.24) is 25.1 Å².